The Morgan fingerprint density at radius 3 is 2.19 bits per heavy atom. The summed E-state index contributed by atoms with van der Waals surface area (Å²) in [6.45, 7) is 3.56. The molecular formula is C46H48ClN7O6S2. The smallest absolute Gasteiger partial charge is 0.353 e. The molecule has 0 spiro atoms. The maximum absolute atomic E-state index is 13.6. The lowest BCUT2D eigenvalue weighted by Crippen LogP contribution is -2.46. The van der Waals surface area contributed by atoms with Crippen molar-refractivity contribution in [1.82, 2.24) is 9.47 Å². The Morgan fingerprint density at radius 1 is 0.871 bits per heavy atom. The fourth-order valence-electron chi connectivity index (χ4n) is 7.56. The monoisotopic (exact) mass is 893 g/mol. The van der Waals surface area contributed by atoms with Crippen molar-refractivity contribution in [3.63, 3.8) is 0 Å². The van der Waals surface area contributed by atoms with Crippen LogP contribution < -0.4 is 19.8 Å². The molecule has 0 bridgehead atoms. The van der Waals surface area contributed by atoms with Gasteiger partial charge in [0.25, 0.3) is 15.7 Å². The number of halogens is 1. The van der Waals surface area contributed by atoms with Crippen LogP contribution in [-0.4, -0.2) is 92.5 Å². The lowest BCUT2D eigenvalue weighted by Gasteiger charge is -2.37. The molecule has 1 aliphatic rings. The summed E-state index contributed by atoms with van der Waals surface area (Å²) < 4.78 is 31.4. The second-order valence-electron chi connectivity index (χ2n) is 15.4. The van der Waals surface area contributed by atoms with Crippen LogP contribution >= 0.6 is 23.4 Å². The third kappa shape index (κ3) is 10.5. The number of nitrogens with one attached hydrogen (secondary N) is 2. The van der Waals surface area contributed by atoms with E-state index in [2.05, 4.69) is 24.7 Å². The van der Waals surface area contributed by atoms with Crippen LogP contribution in [0.1, 0.15) is 16.9 Å². The number of aromatic nitrogens is 1. The summed E-state index contributed by atoms with van der Waals surface area (Å²) in [5.41, 5.74) is 5.47. The summed E-state index contributed by atoms with van der Waals surface area (Å²) in [6, 6.07) is 36.1. The number of hydrogen-bond donors (Lipinski definition) is 3. The van der Waals surface area contributed by atoms with E-state index in [1.807, 2.05) is 99.2 Å². The van der Waals surface area contributed by atoms with Crippen molar-refractivity contribution >= 4 is 67.8 Å². The van der Waals surface area contributed by atoms with Crippen molar-refractivity contribution < 1.29 is 23.2 Å². The number of carbonyl (C=O) groups is 1. The first-order valence-corrected chi connectivity index (χ1v) is 22.9. The molecule has 1 fully saturated rings. The third-order valence-electron chi connectivity index (χ3n) is 10.8. The number of aromatic carboxylic acids is 1. The van der Waals surface area contributed by atoms with Gasteiger partial charge >= 0.3 is 5.97 Å². The van der Waals surface area contributed by atoms with Gasteiger partial charge < -0.3 is 29.7 Å². The van der Waals surface area contributed by atoms with E-state index in [0.717, 1.165) is 52.0 Å². The van der Waals surface area contributed by atoms with E-state index in [9.17, 15) is 28.4 Å². The first-order valence-electron chi connectivity index (χ1n) is 20.0. The Kier molecular flexibility index (Phi) is 13.8. The number of nitro benzene ring substituents is 1. The molecule has 3 N–H and O–H groups in total. The van der Waals surface area contributed by atoms with E-state index in [0.29, 0.717) is 48.2 Å². The molecule has 322 valence electrons. The van der Waals surface area contributed by atoms with Gasteiger partial charge in [0.15, 0.2) is 0 Å². The van der Waals surface area contributed by atoms with E-state index in [1.54, 1.807) is 47.6 Å². The van der Waals surface area contributed by atoms with Gasteiger partial charge in [-0.25, -0.2) is 13.2 Å². The zero-order valence-corrected chi connectivity index (χ0v) is 37.0. The molecule has 0 saturated carbocycles. The van der Waals surface area contributed by atoms with Crippen LogP contribution in [0.15, 0.2) is 137 Å². The normalized spacial score (nSPS) is 13.6. The maximum atomic E-state index is 13.6. The van der Waals surface area contributed by atoms with E-state index in [1.165, 1.54) is 12.1 Å². The number of anilines is 4. The Morgan fingerprint density at radius 2 is 1.55 bits per heavy atom. The highest BCUT2D eigenvalue weighted by Gasteiger charge is 2.26. The number of sulfonamides is 1. The molecule has 62 heavy (non-hydrogen) atoms. The number of benzene rings is 5. The molecule has 7 rings (SSSR count). The molecule has 1 aromatic heterocycles. The lowest BCUT2D eigenvalue weighted by atomic mass is 9.96. The number of carboxylic acid groups (broad SMARTS) is 1. The standard InChI is InChI=1S/C46H48ClN7O6S2/c1-50(2)23-22-36(31-61-39-10-5-4-6-11-39)48-42-21-20-40(29-43(42)54(57)58)62(59,60)49-35-16-18-37(19-17-35)52-24-26-53(27-25-52)38-9-7-8-33(28-38)44-41(30-51(3)45(44)46(55)56)32-12-14-34(47)15-13-32/h4-21,28-30,36,48-49H,22-27,31H2,1-3H3,(H,55,56). The van der Waals surface area contributed by atoms with Gasteiger partial charge in [0.1, 0.15) is 11.4 Å². The Hall–Kier alpha value is -6.00. The summed E-state index contributed by atoms with van der Waals surface area (Å²) in [6.07, 6.45) is 2.56. The van der Waals surface area contributed by atoms with E-state index in [4.69, 9.17) is 11.6 Å². The Balaban J connectivity index is 1.00. The first-order chi connectivity index (χ1) is 29.8. The molecule has 1 atom stereocenters. The van der Waals surface area contributed by atoms with Crippen molar-refractivity contribution in [2.75, 3.05) is 72.4 Å². The molecule has 0 aliphatic carbocycles. The number of rotatable bonds is 17. The van der Waals surface area contributed by atoms with Gasteiger partial charge in [-0.2, -0.15) is 0 Å². The highest BCUT2D eigenvalue weighted by Crippen LogP contribution is 2.39. The second-order valence-corrected chi connectivity index (χ2v) is 18.6. The van der Waals surface area contributed by atoms with Gasteiger partial charge in [-0.05, 0) is 111 Å². The van der Waals surface area contributed by atoms with Gasteiger partial charge in [-0.15, -0.1) is 11.8 Å². The fraction of sp³-hybridized carbons (Fsp3) is 0.239. The summed E-state index contributed by atoms with van der Waals surface area (Å²) in [7, 11) is 1.52. The number of hydrogen-bond acceptors (Lipinski definition) is 10. The van der Waals surface area contributed by atoms with Crippen LogP contribution in [0.4, 0.5) is 28.4 Å². The SMILES string of the molecule is CN(C)CCC(CSc1ccccc1)Nc1ccc(S(=O)(=O)Nc2ccc(N3CCN(c4cccc(-c5c(-c6ccc(Cl)cc6)cn(C)c5C(=O)O)c4)CC3)cc2)cc1[N+](=O)[O-]. The van der Waals surface area contributed by atoms with Crippen LogP contribution in [0, 0.1) is 10.1 Å². The quantitative estimate of drug-likeness (QED) is 0.0456. The van der Waals surface area contributed by atoms with Gasteiger partial charge in [0, 0.05) is 95.4 Å². The minimum absolute atomic E-state index is 0.113. The van der Waals surface area contributed by atoms with Gasteiger partial charge in [-0.3, -0.25) is 14.8 Å². The zero-order chi connectivity index (χ0) is 44.0. The van der Waals surface area contributed by atoms with Crippen molar-refractivity contribution in [2.45, 2.75) is 22.3 Å². The maximum Gasteiger partial charge on any atom is 0.353 e. The number of nitro groups is 1. The molecule has 6 aromatic rings. The number of nitrogens with zero attached hydrogens (tertiary/aromatic N) is 5. The summed E-state index contributed by atoms with van der Waals surface area (Å²) in [5, 5.41) is 26.4. The molecule has 1 unspecified atom stereocenters. The summed E-state index contributed by atoms with van der Waals surface area (Å²) in [5.74, 6) is -0.352. The van der Waals surface area contributed by atoms with Crippen LogP contribution in [0.5, 0.6) is 0 Å². The van der Waals surface area contributed by atoms with Crippen molar-refractivity contribution in [3.05, 3.63) is 148 Å². The van der Waals surface area contributed by atoms with Crippen molar-refractivity contribution in [1.29, 1.82) is 0 Å². The van der Waals surface area contributed by atoms with Crippen LogP contribution in [0.3, 0.4) is 0 Å². The molecule has 13 nitrogen and oxygen atoms in total. The minimum atomic E-state index is -4.16. The Bertz CT molecular complexity index is 2640. The second kappa shape index (κ2) is 19.4. The molecule has 1 saturated heterocycles. The van der Waals surface area contributed by atoms with Crippen LogP contribution in [0.25, 0.3) is 22.3 Å². The molecule has 0 amide bonds. The predicted octanol–water partition coefficient (Wildman–Crippen LogP) is 9.27. The predicted molar refractivity (Wildman–Crippen MR) is 251 cm³/mol. The number of thioether (sulfide) groups is 1. The molecule has 1 aliphatic heterocycles. The average molecular weight is 895 g/mol. The van der Waals surface area contributed by atoms with Gasteiger partial charge in [0.2, 0.25) is 0 Å². The topological polar surface area (TPSA) is 153 Å². The van der Waals surface area contributed by atoms with Crippen molar-refractivity contribution in [2.24, 2.45) is 7.05 Å². The largest absolute Gasteiger partial charge is 0.477 e. The molecular weight excluding hydrogens is 846 g/mol. The lowest BCUT2D eigenvalue weighted by molar-refractivity contribution is -0.384. The van der Waals surface area contributed by atoms with Crippen molar-refractivity contribution in [3.8, 4) is 22.3 Å². The van der Waals surface area contributed by atoms with Gasteiger partial charge in [-0.1, -0.05) is 54.1 Å². The number of aryl methyl sites for hydroxylation is 1. The third-order valence-corrected chi connectivity index (χ3v) is 13.6. The van der Waals surface area contributed by atoms with Crippen LogP contribution in [0.2, 0.25) is 5.02 Å². The van der Waals surface area contributed by atoms with E-state index < -0.39 is 20.9 Å². The summed E-state index contributed by atoms with van der Waals surface area (Å²) >= 11 is 7.81. The Labute approximate surface area is 371 Å². The molecule has 0 radical (unpaired) electrons. The number of carboxylic acids is 1. The van der Waals surface area contributed by atoms with E-state index in [-0.39, 0.29) is 28.0 Å². The van der Waals surface area contributed by atoms with E-state index >= 15 is 0 Å². The molecule has 2 heterocycles. The highest BCUT2D eigenvalue weighted by atomic mass is 35.5. The molecule has 16 heteroatoms. The van der Waals surface area contributed by atoms with Crippen LogP contribution in [-0.2, 0) is 17.1 Å². The summed E-state index contributed by atoms with van der Waals surface area (Å²) in [4.78, 5) is 31.6. The first kappa shape index (κ1) is 44.1. The average Bonchev–Trinajstić information content (AvgIpc) is 3.62. The highest BCUT2D eigenvalue weighted by molar-refractivity contribution is 7.99. The molecule has 5 aromatic carbocycles. The van der Waals surface area contributed by atoms with Gasteiger partial charge in [0.05, 0.1) is 9.82 Å². The number of piperazine rings is 1. The zero-order valence-electron chi connectivity index (χ0n) is 34.6. The fourth-order valence-corrected chi connectivity index (χ4v) is 9.75. The minimum Gasteiger partial charge on any atom is -0.477 e.